The van der Waals surface area contributed by atoms with Crippen molar-refractivity contribution >= 4 is 21.9 Å². The van der Waals surface area contributed by atoms with Crippen LogP contribution in [0.1, 0.15) is 24.4 Å². The number of hydrogen-bond donors (Lipinski definition) is 1. The summed E-state index contributed by atoms with van der Waals surface area (Å²) in [7, 11) is 3.34. The summed E-state index contributed by atoms with van der Waals surface area (Å²) in [5.41, 5.74) is 0.745. The fourth-order valence-electron chi connectivity index (χ4n) is 2.40. The van der Waals surface area contributed by atoms with Crippen LogP contribution in [0, 0.1) is 5.41 Å². The highest BCUT2D eigenvalue weighted by Gasteiger charge is 2.56. The maximum atomic E-state index is 11.9. The Morgan fingerprint density at radius 1 is 1.53 bits per heavy atom. The van der Waals surface area contributed by atoms with E-state index in [1.165, 1.54) is 7.11 Å². The lowest BCUT2D eigenvalue weighted by atomic mass is 9.90. The number of esters is 1. The van der Waals surface area contributed by atoms with Gasteiger partial charge in [0.05, 0.1) is 12.5 Å². The molecule has 1 N–H and O–H groups in total. The quantitative estimate of drug-likeness (QED) is 0.869. The third-order valence-corrected chi connectivity index (χ3v) is 3.90. The molecule has 4 heteroatoms. The van der Waals surface area contributed by atoms with Gasteiger partial charge in [-0.2, -0.15) is 0 Å². The van der Waals surface area contributed by atoms with E-state index in [9.17, 15) is 4.79 Å². The van der Waals surface area contributed by atoms with Crippen molar-refractivity contribution < 1.29 is 9.53 Å². The predicted octanol–water partition coefficient (Wildman–Crippen LogP) is 2.66. The van der Waals surface area contributed by atoms with Gasteiger partial charge in [0.15, 0.2) is 0 Å². The lowest BCUT2D eigenvalue weighted by Crippen LogP contribution is -2.33. The molecule has 1 saturated carbocycles. The minimum Gasteiger partial charge on any atom is -0.469 e. The monoisotopic (exact) mass is 297 g/mol. The molecule has 0 aromatic heterocycles. The van der Waals surface area contributed by atoms with Crippen LogP contribution in [0.2, 0.25) is 0 Å². The van der Waals surface area contributed by atoms with Crippen LogP contribution in [-0.2, 0) is 9.53 Å². The lowest BCUT2D eigenvalue weighted by molar-refractivity contribution is -0.148. The lowest BCUT2D eigenvalue weighted by Gasteiger charge is -2.25. The van der Waals surface area contributed by atoms with Crippen molar-refractivity contribution in [3.8, 4) is 0 Å². The van der Waals surface area contributed by atoms with E-state index >= 15 is 0 Å². The minimum absolute atomic E-state index is 0.0208. The van der Waals surface area contributed by atoms with Crippen molar-refractivity contribution in [3.63, 3.8) is 0 Å². The number of halogens is 1. The standard InChI is InChI=1S/C13H16BrNO2/c1-15-11(9-4-3-5-10(14)8-9)13(6-7-13)12(16)17-2/h3-5,8,11,15H,6-7H2,1-2H3. The minimum atomic E-state index is -0.371. The number of carbonyl (C=O) groups excluding carboxylic acids is 1. The molecule has 92 valence electrons. The number of nitrogens with one attached hydrogen (secondary N) is 1. The average Bonchev–Trinajstić information content (AvgIpc) is 3.11. The molecule has 17 heavy (non-hydrogen) atoms. The summed E-state index contributed by atoms with van der Waals surface area (Å²) in [6, 6.07) is 8.07. The van der Waals surface area contributed by atoms with Crippen molar-refractivity contribution in [2.24, 2.45) is 5.41 Å². The Morgan fingerprint density at radius 2 is 2.24 bits per heavy atom. The molecule has 1 fully saturated rings. The topological polar surface area (TPSA) is 38.3 Å². The first-order chi connectivity index (χ1) is 8.14. The first-order valence-electron chi connectivity index (χ1n) is 5.65. The van der Waals surface area contributed by atoms with Crippen LogP contribution >= 0.6 is 15.9 Å². The molecule has 1 aromatic rings. The van der Waals surface area contributed by atoms with E-state index in [0.29, 0.717) is 0 Å². The molecule has 1 aromatic carbocycles. The molecule has 1 atom stereocenters. The van der Waals surface area contributed by atoms with Gasteiger partial charge in [-0.05, 0) is 37.6 Å². The van der Waals surface area contributed by atoms with Crippen molar-refractivity contribution in [2.45, 2.75) is 18.9 Å². The highest BCUT2D eigenvalue weighted by Crippen LogP contribution is 2.55. The average molecular weight is 298 g/mol. The van der Waals surface area contributed by atoms with Crippen molar-refractivity contribution in [2.75, 3.05) is 14.2 Å². The number of methoxy groups -OCH3 is 1. The first kappa shape index (κ1) is 12.6. The van der Waals surface area contributed by atoms with Crippen LogP contribution in [0.25, 0.3) is 0 Å². The normalized spacial score (nSPS) is 18.5. The molecule has 1 aliphatic carbocycles. The largest absolute Gasteiger partial charge is 0.469 e. The molecule has 0 spiro atoms. The smallest absolute Gasteiger partial charge is 0.313 e. The molecule has 0 aliphatic heterocycles. The maximum Gasteiger partial charge on any atom is 0.313 e. The summed E-state index contributed by atoms with van der Waals surface area (Å²) in [5, 5.41) is 3.24. The molecular weight excluding hydrogens is 282 g/mol. The summed E-state index contributed by atoms with van der Waals surface area (Å²) < 4.78 is 5.95. The summed E-state index contributed by atoms with van der Waals surface area (Å²) in [4.78, 5) is 11.9. The Balaban J connectivity index is 2.31. The molecule has 1 unspecified atom stereocenters. The number of carbonyl (C=O) groups is 1. The van der Waals surface area contributed by atoms with E-state index in [1.807, 2.05) is 31.3 Å². The summed E-state index contributed by atoms with van der Waals surface area (Å²) >= 11 is 3.46. The van der Waals surface area contributed by atoms with Gasteiger partial charge in [-0.15, -0.1) is 0 Å². The fourth-order valence-corrected chi connectivity index (χ4v) is 2.81. The van der Waals surface area contributed by atoms with Gasteiger partial charge >= 0.3 is 5.97 Å². The van der Waals surface area contributed by atoms with E-state index in [4.69, 9.17) is 4.74 Å². The van der Waals surface area contributed by atoms with Crippen LogP contribution in [0.3, 0.4) is 0 Å². The van der Waals surface area contributed by atoms with Gasteiger partial charge in [-0.25, -0.2) is 0 Å². The van der Waals surface area contributed by atoms with Crippen LogP contribution in [0.4, 0.5) is 0 Å². The third-order valence-electron chi connectivity index (χ3n) is 3.40. The SMILES string of the molecule is CNC(c1cccc(Br)c1)C1(C(=O)OC)CC1. The summed E-state index contributed by atoms with van der Waals surface area (Å²) in [6.07, 6.45) is 1.77. The number of hydrogen-bond acceptors (Lipinski definition) is 3. The van der Waals surface area contributed by atoms with Gasteiger partial charge in [0, 0.05) is 10.5 Å². The van der Waals surface area contributed by atoms with Crippen molar-refractivity contribution in [1.29, 1.82) is 0 Å². The van der Waals surface area contributed by atoms with E-state index in [-0.39, 0.29) is 17.4 Å². The van der Waals surface area contributed by atoms with E-state index in [1.54, 1.807) is 0 Å². The van der Waals surface area contributed by atoms with E-state index in [0.717, 1.165) is 22.9 Å². The molecule has 2 rings (SSSR count). The van der Waals surface area contributed by atoms with Crippen LogP contribution in [0.15, 0.2) is 28.7 Å². The Kier molecular flexibility index (Phi) is 3.54. The second-order valence-electron chi connectivity index (χ2n) is 4.42. The Bertz CT molecular complexity index is 429. The second-order valence-corrected chi connectivity index (χ2v) is 5.34. The number of ether oxygens (including phenoxy) is 1. The zero-order valence-electron chi connectivity index (χ0n) is 10.00. The highest BCUT2D eigenvalue weighted by molar-refractivity contribution is 9.10. The van der Waals surface area contributed by atoms with E-state index < -0.39 is 0 Å². The highest BCUT2D eigenvalue weighted by atomic mass is 79.9. The third kappa shape index (κ3) is 2.24. The van der Waals surface area contributed by atoms with Gasteiger partial charge in [0.1, 0.15) is 0 Å². The number of rotatable bonds is 4. The van der Waals surface area contributed by atoms with Crippen LogP contribution < -0.4 is 5.32 Å². The van der Waals surface area contributed by atoms with Crippen molar-refractivity contribution in [3.05, 3.63) is 34.3 Å². The molecule has 3 nitrogen and oxygen atoms in total. The molecule has 1 aliphatic rings. The molecule has 0 heterocycles. The zero-order valence-corrected chi connectivity index (χ0v) is 11.6. The molecule has 0 radical (unpaired) electrons. The van der Waals surface area contributed by atoms with E-state index in [2.05, 4.69) is 21.2 Å². The van der Waals surface area contributed by atoms with Crippen molar-refractivity contribution in [1.82, 2.24) is 5.32 Å². The summed E-state index contributed by atoms with van der Waals surface area (Å²) in [6.45, 7) is 0. The fraction of sp³-hybridized carbons (Fsp3) is 0.462. The van der Waals surface area contributed by atoms with Crippen LogP contribution in [0.5, 0.6) is 0 Å². The molecule has 0 amide bonds. The first-order valence-corrected chi connectivity index (χ1v) is 6.44. The Hall–Kier alpha value is -0.870. The molecule has 0 saturated heterocycles. The number of benzene rings is 1. The maximum absolute atomic E-state index is 11.9. The van der Waals surface area contributed by atoms with Gasteiger partial charge in [-0.3, -0.25) is 4.79 Å². The second kappa shape index (κ2) is 4.78. The predicted molar refractivity (Wildman–Crippen MR) is 69.6 cm³/mol. The van der Waals surface area contributed by atoms with Gasteiger partial charge in [-0.1, -0.05) is 28.1 Å². The van der Waals surface area contributed by atoms with Gasteiger partial charge < -0.3 is 10.1 Å². The van der Waals surface area contributed by atoms with Gasteiger partial charge in [0.2, 0.25) is 0 Å². The molecule has 0 bridgehead atoms. The van der Waals surface area contributed by atoms with Gasteiger partial charge in [0.25, 0.3) is 0 Å². The Labute approximate surface area is 110 Å². The Morgan fingerprint density at radius 3 is 2.71 bits per heavy atom. The molecular formula is C13H16BrNO2. The van der Waals surface area contributed by atoms with Crippen LogP contribution in [-0.4, -0.2) is 20.1 Å². The zero-order chi connectivity index (χ0) is 12.5. The summed E-state index contributed by atoms with van der Waals surface area (Å²) in [5.74, 6) is -0.114.